The summed E-state index contributed by atoms with van der Waals surface area (Å²) in [5.41, 5.74) is 26.6. The molecule has 0 saturated carbocycles. The fourth-order valence-electron chi connectivity index (χ4n) is 12.4. The molecule has 0 saturated heterocycles. The van der Waals surface area contributed by atoms with E-state index >= 15 is 0 Å². The predicted molar refractivity (Wildman–Crippen MR) is 419 cm³/mol. The molecular formula is C87H61Cl4N11. The summed E-state index contributed by atoms with van der Waals surface area (Å²) in [5, 5.41) is 4.87. The molecule has 492 valence electrons. The lowest BCUT2D eigenvalue weighted by atomic mass is 9.91. The number of nitrogens with zero attached hydrogens (tertiary/aromatic N) is 11. The Morgan fingerprint density at radius 3 is 0.941 bits per heavy atom. The standard InChI is InChI=1S/C28H21ClN2.C22H17ClN2.C19H12ClN3.C18H11ClN4/c1-18-17-25(19(2)16-24(18)20-8-4-3-5-9-20)21-12-14-22(15-13-21)27-23-10-6-7-11-26(23)30-28(29)31-27;1-14-13-19(15(2)12-18(14)16-8-4-3-5-9-16)21-17-10-6-7-11-20(17)24-22(23)25-21;20-19-22-16-9-5-4-8-15(16)18(23-19)17-11-10-14(12-21-17)13-6-2-1-3-7-13;19-18-22-15-7-2-1-5-13(15)17(23-18)16-9-8-12(11-21-16)14-6-3-4-10-20-14/h3-17H,1-2H3;3-13H,1-2H3;1-12H;1-11H. The maximum absolute atomic E-state index is 6.18. The predicted octanol–water partition coefficient (Wildman–Crippen LogP) is 23.6. The zero-order valence-electron chi connectivity index (χ0n) is 55.7. The second-order valence-electron chi connectivity index (χ2n) is 24.2. The topological polar surface area (TPSA) is 142 Å². The molecule has 0 fully saturated rings. The van der Waals surface area contributed by atoms with Gasteiger partial charge in [0.05, 0.1) is 50.5 Å². The Morgan fingerprint density at radius 1 is 0.216 bits per heavy atom. The first-order valence-corrected chi connectivity index (χ1v) is 34.4. The Kier molecular flexibility index (Phi) is 20.3. The third-order valence-corrected chi connectivity index (χ3v) is 18.1. The molecule has 0 atom stereocenters. The lowest BCUT2D eigenvalue weighted by Gasteiger charge is -2.14. The Bertz CT molecular complexity index is 5680. The molecule has 10 aromatic carbocycles. The maximum atomic E-state index is 6.18. The van der Waals surface area contributed by atoms with E-state index in [0.717, 1.165) is 111 Å². The number of halogens is 4. The van der Waals surface area contributed by atoms with E-state index in [1.165, 1.54) is 55.6 Å². The quantitative estimate of drug-likeness (QED) is 0.127. The van der Waals surface area contributed by atoms with Crippen LogP contribution in [0.2, 0.25) is 21.1 Å². The summed E-state index contributed by atoms with van der Waals surface area (Å²) < 4.78 is 0. The van der Waals surface area contributed by atoms with Gasteiger partial charge in [0.1, 0.15) is 11.4 Å². The molecule has 0 bridgehead atoms. The van der Waals surface area contributed by atoms with Crippen LogP contribution in [0.3, 0.4) is 0 Å². The number of aryl methyl sites for hydroxylation is 4. The number of benzene rings is 10. The molecule has 0 unspecified atom stereocenters. The maximum Gasteiger partial charge on any atom is 0.223 e. The molecule has 102 heavy (non-hydrogen) atoms. The second kappa shape index (κ2) is 30.7. The molecule has 0 N–H and O–H groups in total. The van der Waals surface area contributed by atoms with Crippen molar-refractivity contribution in [2.75, 3.05) is 0 Å². The first-order valence-electron chi connectivity index (χ1n) is 32.9. The normalized spacial score (nSPS) is 10.9. The molecular weight excluding hydrogens is 1340 g/mol. The van der Waals surface area contributed by atoms with Crippen LogP contribution in [0.25, 0.3) is 145 Å². The Hall–Kier alpha value is -11.8. The average molecular weight is 1400 g/mol. The van der Waals surface area contributed by atoms with Crippen molar-refractivity contribution in [1.29, 1.82) is 0 Å². The van der Waals surface area contributed by atoms with Crippen molar-refractivity contribution >= 4 is 90.0 Å². The monoisotopic (exact) mass is 1400 g/mol. The Balaban J connectivity index is 0.000000116. The summed E-state index contributed by atoms with van der Waals surface area (Å²) in [6, 6.07) is 93.8. The molecule has 17 rings (SSSR count). The van der Waals surface area contributed by atoms with E-state index in [1.807, 2.05) is 170 Å². The van der Waals surface area contributed by atoms with E-state index in [4.69, 9.17) is 46.4 Å². The van der Waals surface area contributed by atoms with Gasteiger partial charge in [-0.25, -0.2) is 39.9 Å². The average Bonchev–Trinajstić information content (AvgIpc) is 0.859. The third-order valence-electron chi connectivity index (χ3n) is 17.4. The number of para-hydroxylation sites is 4. The van der Waals surface area contributed by atoms with Gasteiger partial charge in [-0.05, 0) is 196 Å². The van der Waals surface area contributed by atoms with Crippen LogP contribution < -0.4 is 0 Å². The SMILES string of the molecule is Cc1cc(-c2ccc(-c3nc(Cl)nc4ccccc34)cc2)c(C)cc1-c1ccccc1.Cc1cc(-c2nc(Cl)nc3ccccc23)c(C)cc1-c1ccccc1.Clc1nc(-c2ccc(-c3ccccc3)cn2)c2ccccc2n1.Clc1nc(-c2ccc(-c3ccccn3)cn2)c2ccccc2n1. The molecule has 11 nitrogen and oxygen atoms in total. The first kappa shape index (κ1) is 67.4. The van der Waals surface area contributed by atoms with Crippen molar-refractivity contribution in [2.45, 2.75) is 27.7 Å². The number of pyridine rings is 3. The first-order chi connectivity index (χ1) is 49.8. The molecule has 0 aliphatic rings. The van der Waals surface area contributed by atoms with Gasteiger partial charge in [0, 0.05) is 62.4 Å². The number of hydrogen-bond donors (Lipinski definition) is 0. The molecule has 0 radical (unpaired) electrons. The minimum atomic E-state index is 0.217. The lowest BCUT2D eigenvalue weighted by molar-refractivity contribution is 1.19. The zero-order chi connectivity index (χ0) is 70.1. The lowest BCUT2D eigenvalue weighted by Crippen LogP contribution is -1.95. The van der Waals surface area contributed by atoms with Gasteiger partial charge in [-0.2, -0.15) is 0 Å². The molecule has 0 aliphatic heterocycles. The fourth-order valence-corrected chi connectivity index (χ4v) is 13.1. The van der Waals surface area contributed by atoms with Crippen molar-refractivity contribution in [2.24, 2.45) is 0 Å². The minimum Gasteiger partial charge on any atom is -0.256 e. The number of aromatic nitrogens is 11. The van der Waals surface area contributed by atoms with Crippen molar-refractivity contribution in [1.82, 2.24) is 54.8 Å². The Labute approximate surface area is 610 Å². The van der Waals surface area contributed by atoms with Gasteiger partial charge < -0.3 is 0 Å². The zero-order valence-corrected chi connectivity index (χ0v) is 58.7. The summed E-state index contributed by atoms with van der Waals surface area (Å²) in [5.74, 6) is 0. The smallest absolute Gasteiger partial charge is 0.223 e. The van der Waals surface area contributed by atoms with Crippen LogP contribution in [-0.4, -0.2) is 54.8 Å². The summed E-state index contributed by atoms with van der Waals surface area (Å²) in [4.78, 5) is 48.3. The van der Waals surface area contributed by atoms with E-state index < -0.39 is 0 Å². The van der Waals surface area contributed by atoms with Crippen LogP contribution >= 0.6 is 46.4 Å². The van der Waals surface area contributed by atoms with Crippen LogP contribution in [0, 0.1) is 27.7 Å². The highest BCUT2D eigenvalue weighted by molar-refractivity contribution is 6.30. The molecule has 17 aromatic rings. The van der Waals surface area contributed by atoms with Crippen molar-refractivity contribution in [3.63, 3.8) is 0 Å². The van der Waals surface area contributed by atoms with Crippen LogP contribution in [0.15, 0.2) is 298 Å². The van der Waals surface area contributed by atoms with Crippen LogP contribution in [0.1, 0.15) is 22.3 Å². The van der Waals surface area contributed by atoms with Gasteiger partial charge in [-0.3, -0.25) is 15.0 Å². The molecule has 7 aromatic heterocycles. The van der Waals surface area contributed by atoms with E-state index in [1.54, 1.807) is 12.4 Å². The van der Waals surface area contributed by atoms with Crippen LogP contribution in [0.4, 0.5) is 0 Å². The van der Waals surface area contributed by atoms with E-state index in [0.29, 0.717) is 0 Å². The molecule has 0 spiro atoms. The van der Waals surface area contributed by atoms with Gasteiger partial charge in [0.25, 0.3) is 0 Å². The van der Waals surface area contributed by atoms with Gasteiger partial charge in [-0.15, -0.1) is 0 Å². The minimum absolute atomic E-state index is 0.217. The Morgan fingerprint density at radius 2 is 0.529 bits per heavy atom. The van der Waals surface area contributed by atoms with Gasteiger partial charge in [-0.1, -0.05) is 218 Å². The molecule has 0 aliphatic carbocycles. The largest absolute Gasteiger partial charge is 0.256 e. The number of rotatable bonds is 9. The second-order valence-corrected chi connectivity index (χ2v) is 25.5. The van der Waals surface area contributed by atoms with E-state index in [2.05, 4.69) is 198 Å². The molecule has 7 heterocycles. The van der Waals surface area contributed by atoms with Gasteiger partial charge in [0.15, 0.2) is 0 Å². The van der Waals surface area contributed by atoms with Crippen molar-refractivity contribution in [3.8, 4) is 101 Å². The highest BCUT2D eigenvalue weighted by Crippen LogP contribution is 2.38. The number of fused-ring (bicyclic) bond motifs is 4. The van der Waals surface area contributed by atoms with E-state index in [-0.39, 0.29) is 21.1 Å². The van der Waals surface area contributed by atoms with Crippen LogP contribution in [-0.2, 0) is 0 Å². The summed E-state index contributed by atoms with van der Waals surface area (Å²) in [6.07, 6.45) is 5.42. The van der Waals surface area contributed by atoms with Crippen molar-refractivity contribution < 1.29 is 0 Å². The highest BCUT2D eigenvalue weighted by atomic mass is 35.5. The summed E-state index contributed by atoms with van der Waals surface area (Å²) >= 11 is 24.4. The van der Waals surface area contributed by atoms with Gasteiger partial charge >= 0.3 is 0 Å². The molecule has 15 heteroatoms. The van der Waals surface area contributed by atoms with Gasteiger partial charge in [0.2, 0.25) is 21.1 Å². The van der Waals surface area contributed by atoms with Crippen LogP contribution in [0.5, 0.6) is 0 Å². The highest BCUT2D eigenvalue weighted by Gasteiger charge is 2.17. The van der Waals surface area contributed by atoms with Crippen molar-refractivity contribution in [3.05, 3.63) is 341 Å². The molecule has 0 amide bonds. The number of hydrogen-bond acceptors (Lipinski definition) is 11. The van der Waals surface area contributed by atoms with E-state index in [9.17, 15) is 0 Å². The summed E-state index contributed by atoms with van der Waals surface area (Å²) in [6.45, 7) is 8.60. The third kappa shape index (κ3) is 15.2. The summed E-state index contributed by atoms with van der Waals surface area (Å²) in [7, 11) is 0. The fraction of sp³-hybridized carbons (Fsp3) is 0.0460.